The summed E-state index contributed by atoms with van der Waals surface area (Å²) >= 11 is 0. The largest absolute Gasteiger partial charge is 0.387 e. The molecule has 5 rings (SSSR count). The molecule has 2 unspecified atom stereocenters. The van der Waals surface area contributed by atoms with Crippen LogP contribution < -0.4 is 32.7 Å². The monoisotopic (exact) mass is 636 g/mol. The van der Waals surface area contributed by atoms with Crippen LogP contribution in [0.15, 0.2) is 22.6 Å². The van der Waals surface area contributed by atoms with Crippen molar-refractivity contribution in [3.63, 3.8) is 0 Å². The maximum Gasteiger partial charge on any atom is 0.275 e. The molecule has 1 fully saturated rings. The number of hydrogen-bond acceptors (Lipinski definition) is 16. The fraction of sp³-hybridized carbons (Fsp3) is 0.565. The molecule has 6 atom stereocenters. The number of ether oxygens (including phenoxy) is 1. The molecular formula is C23H32N12O8S. The Labute approximate surface area is 249 Å². The number of aliphatic imine (C=N–C) groups is 2. The van der Waals surface area contributed by atoms with Crippen molar-refractivity contribution >= 4 is 56.1 Å². The molecule has 0 bridgehead atoms. The van der Waals surface area contributed by atoms with Gasteiger partial charge in [0.05, 0.1) is 29.9 Å². The van der Waals surface area contributed by atoms with E-state index in [-0.39, 0.29) is 35.1 Å². The number of imidazole rings is 1. The highest BCUT2D eigenvalue weighted by Gasteiger charge is 2.46. The smallest absolute Gasteiger partial charge is 0.275 e. The van der Waals surface area contributed by atoms with Gasteiger partial charge in [0.25, 0.3) is 5.91 Å². The molecule has 0 spiro atoms. The van der Waals surface area contributed by atoms with Gasteiger partial charge in [-0.05, 0) is 13.8 Å². The zero-order valence-corrected chi connectivity index (χ0v) is 24.4. The molecule has 3 amide bonds. The number of aliphatic hydroxyl groups excluding tert-OH is 2. The minimum atomic E-state index is -3.90. The van der Waals surface area contributed by atoms with Crippen LogP contribution in [-0.2, 0) is 29.0 Å². The first-order valence-corrected chi connectivity index (χ1v) is 15.2. The summed E-state index contributed by atoms with van der Waals surface area (Å²) in [7, 11) is -3.90. The first kappa shape index (κ1) is 31.1. The molecule has 0 radical (unpaired) electrons. The molecule has 1 saturated heterocycles. The number of nitrogen functional groups attached to an aromatic ring is 1. The minimum Gasteiger partial charge on any atom is -0.387 e. The van der Waals surface area contributed by atoms with E-state index in [1.165, 1.54) is 17.2 Å². The van der Waals surface area contributed by atoms with Crippen molar-refractivity contribution in [2.75, 3.05) is 30.3 Å². The molecule has 2 aromatic rings. The van der Waals surface area contributed by atoms with Crippen LogP contribution in [0.4, 0.5) is 5.82 Å². The first-order valence-electron chi connectivity index (χ1n) is 13.4. The van der Waals surface area contributed by atoms with E-state index in [4.69, 9.17) is 16.2 Å². The lowest BCUT2D eigenvalue weighted by Gasteiger charge is -2.38. The Morgan fingerprint density at radius 2 is 1.91 bits per heavy atom. The Morgan fingerprint density at radius 1 is 1.16 bits per heavy atom. The van der Waals surface area contributed by atoms with Crippen LogP contribution in [0.1, 0.15) is 20.1 Å². The van der Waals surface area contributed by atoms with E-state index in [1.54, 1.807) is 13.8 Å². The van der Waals surface area contributed by atoms with E-state index in [2.05, 4.69) is 46.2 Å². The van der Waals surface area contributed by atoms with Gasteiger partial charge in [0.2, 0.25) is 11.8 Å². The number of carbonyl (C=O) groups is 3. The lowest BCUT2D eigenvalue weighted by molar-refractivity contribution is -0.127. The van der Waals surface area contributed by atoms with Gasteiger partial charge >= 0.3 is 0 Å². The standard InChI is InChI=1S/C23H32N12O8S/c1-23(2)15(31-12-17(34-23)32-22(25)33-19(12)39)20(40)27-5-10(36)26-3-4-44(41,42)6-9-13(37)14(38)21(43-9)35-8-30-11-16(24)28-7-29-18(11)35/h7-9,13-15,21-22,37-38H,3-6,25H2,1-2H3,(H,26,36)(H,27,40)(H,32,34)(H,33,39)(H2,24,28,29)/t9-,13-,14-,15?,21-,22?/m1/s1. The van der Waals surface area contributed by atoms with Crippen LogP contribution in [0, 0.1) is 0 Å². The SMILES string of the molecule is CC1(C)NC2=NC(N)NC(=O)C2=NC1C(=O)NCC(=O)NCCS(=O)(=O)C[C@H]1O[C@@H](n2cnc3c(N)ncnc32)[C@H](O)[C@@H]1O. The molecule has 44 heavy (non-hydrogen) atoms. The van der Waals surface area contributed by atoms with Crippen molar-refractivity contribution < 1.29 is 37.8 Å². The number of nitrogens with two attached hydrogens (primary N) is 2. The minimum absolute atomic E-state index is 0.0897. The van der Waals surface area contributed by atoms with Gasteiger partial charge in [0.1, 0.15) is 30.2 Å². The van der Waals surface area contributed by atoms with Crippen LogP contribution in [0.5, 0.6) is 0 Å². The topological polar surface area (TPSA) is 304 Å². The van der Waals surface area contributed by atoms with Gasteiger partial charge in [-0.25, -0.2) is 28.4 Å². The molecular weight excluding hydrogens is 604 g/mol. The number of rotatable bonds is 9. The van der Waals surface area contributed by atoms with Crippen LogP contribution in [0.3, 0.4) is 0 Å². The third-order valence-corrected chi connectivity index (χ3v) is 8.85. The number of anilines is 1. The second kappa shape index (κ2) is 11.6. The summed E-state index contributed by atoms with van der Waals surface area (Å²) < 4.78 is 32.5. The number of aliphatic hydroxyl groups is 2. The van der Waals surface area contributed by atoms with Gasteiger partial charge in [-0.1, -0.05) is 0 Å². The van der Waals surface area contributed by atoms with Crippen LogP contribution in [0.25, 0.3) is 11.2 Å². The highest BCUT2D eigenvalue weighted by molar-refractivity contribution is 7.91. The second-order valence-corrected chi connectivity index (χ2v) is 13.2. The summed E-state index contributed by atoms with van der Waals surface area (Å²) in [6, 6.07) is -1.09. The van der Waals surface area contributed by atoms with E-state index < -0.39 is 88.0 Å². The Hall–Kier alpha value is -4.31. The number of aromatic nitrogens is 4. The van der Waals surface area contributed by atoms with Gasteiger partial charge in [-0.3, -0.25) is 29.7 Å². The Kier molecular flexibility index (Phi) is 8.24. The van der Waals surface area contributed by atoms with Gasteiger partial charge in [0.15, 0.2) is 51.4 Å². The molecule has 3 aliphatic heterocycles. The van der Waals surface area contributed by atoms with E-state index in [0.717, 1.165) is 0 Å². The van der Waals surface area contributed by atoms with Crippen molar-refractivity contribution in [2.45, 2.75) is 56.3 Å². The van der Waals surface area contributed by atoms with Crippen molar-refractivity contribution in [2.24, 2.45) is 15.7 Å². The number of hydrogen-bond donors (Lipinski definition) is 8. The summed E-state index contributed by atoms with van der Waals surface area (Å²) in [5, 5.41) is 31.2. The first-order chi connectivity index (χ1) is 20.7. The number of carbonyl (C=O) groups excluding carboxylic acids is 3. The molecule has 21 heteroatoms. The molecule has 20 nitrogen and oxygen atoms in total. The number of amides is 3. The van der Waals surface area contributed by atoms with Crippen LogP contribution in [-0.4, -0.2) is 128 Å². The highest BCUT2D eigenvalue weighted by Crippen LogP contribution is 2.32. The lowest BCUT2D eigenvalue weighted by Crippen LogP contribution is -2.66. The summed E-state index contributed by atoms with van der Waals surface area (Å²) in [5.41, 5.74) is 10.8. The van der Waals surface area contributed by atoms with E-state index in [9.17, 15) is 33.0 Å². The van der Waals surface area contributed by atoms with Gasteiger partial charge in [0, 0.05) is 6.54 Å². The average Bonchev–Trinajstić information content (AvgIpc) is 3.47. The number of amidine groups is 1. The second-order valence-electron chi connectivity index (χ2n) is 10.9. The van der Waals surface area contributed by atoms with Crippen molar-refractivity contribution in [1.82, 2.24) is 40.8 Å². The molecule has 2 aromatic heterocycles. The zero-order chi connectivity index (χ0) is 32.0. The van der Waals surface area contributed by atoms with E-state index in [0.29, 0.717) is 0 Å². The maximum absolute atomic E-state index is 12.8. The summed E-state index contributed by atoms with van der Waals surface area (Å²) in [6.07, 6.45) is -3.98. The molecule has 5 heterocycles. The van der Waals surface area contributed by atoms with Crippen LogP contribution in [0.2, 0.25) is 0 Å². The molecule has 0 saturated carbocycles. The van der Waals surface area contributed by atoms with Crippen molar-refractivity contribution in [3.8, 4) is 0 Å². The molecule has 3 aliphatic rings. The Morgan fingerprint density at radius 3 is 2.66 bits per heavy atom. The van der Waals surface area contributed by atoms with Gasteiger partial charge in [-0.15, -0.1) is 0 Å². The fourth-order valence-electron chi connectivity index (χ4n) is 4.96. The molecule has 0 aliphatic carbocycles. The number of nitrogens with zero attached hydrogens (tertiary/aromatic N) is 6. The predicted molar refractivity (Wildman–Crippen MR) is 152 cm³/mol. The molecule has 238 valence electrons. The zero-order valence-electron chi connectivity index (χ0n) is 23.5. The lowest BCUT2D eigenvalue weighted by atomic mass is 9.91. The summed E-state index contributed by atoms with van der Waals surface area (Å²) in [6.45, 7) is 2.54. The van der Waals surface area contributed by atoms with Crippen molar-refractivity contribution in [3.05, 3.63) is 12.7 Å². The number of nitrogens with one attached hydrogen (secondary N) is 4. The van der Waals surface area contributed by atoms with E-state index >= 15 is 0 Å². The number of sulfone groups is 1. The summed E-state index contributed by atoms with van der Waals surface area (Å²) in [5.74, 6) is -2.83. The third kappa shape index (κ3) is 6.17. The highest BCUT2D eigenvalue weighted by atomic mass is 32.2. The quantitative estimate of drug-likeness (QED) is 0.127. The average molecular weight is 637 g/mol. The fourth-order valence-corrected chi connectivity index (χ4v) is 6.32. The number of fused-ring (bicyclic) bond motifs is 2. The normalized spacial score (nSPS) is 27.9. The van der Waals surface area contributed by atoms with Crippen LogP contribution >= 0.6 is 0 Å². The predicted octanol–water partition coefficient (Wildman–Crippen LogP) is -5.36. The van der Waals surface area contributed by atoms with Gasteiger partial charge < -0.3 is 42.0 Å². The van der Waals surface area contributed by atoms with Gasteiger partial charge in [-0.2, -0.15) is 0 Å². The van der Waals surface area contributed by atoms with E-state index in [1.807, 2.05) is 0 Å². The summed E-state index contributed by atoms with van der Waals surface area (Å²) in [4.78, 5) is 57.7. The molecule has 0 aromatic carbocycles. The Bertz CT molecular complexity index is 1660. The maximum atomic E-state index is 12.8. The Balaban J connectivity index is 1.11. The third-order valence-electron chi connectivity index (χ3n) is 7.19. The van der Waals surface area contributed by atoms with Crippen molar-refractivity contribution in [1.29, 1.82) is 0 Å². The molecule has 10 N–H and O–H groups in total.